The van der Waals surface area contributed by atoms with E-state index in [1.165, 1.54) is 5.56 Å². The van der Waals surface area contributed by atoms with Crippen molar-refractivity contribution in [3.8, 4) is 11.5 Å². The first-order chi connectivity index (χ1) is 12.9. The van der Waals surface area contributed by atoms with Crippen molar-refractivity contribution in [1.29, 1.82) is 0 Å². The van der Waals surface area contributed by atoms with Gasteiger partial charge in [-0.2, -0.15) is 0 Å². The lowest BCUT2D eigenvalue weighted by molar-refractivity contribution is 0.254. The number of aromatic nitrogens is 1. The highest BCUT2D eigenvalue weighted by Crippen LogP contribution is 2.19. The van der Waals surface area contributed by atoms with Crippen molar-refractivity contribution >= 4 is 29.9 Å². The van der Waals surface area contributed by atoms with Crippen LogP contribution >= 0.6 is 24.0 Å². The maximum atomic E-state index is 5.61. The van der Waals surface area contributed by atoms with Crippen LogP contribution in [0.3, 0.4) is 0 Å². The molecule has 0 fully saturated rings. The van der Waals surface area contributed by atoms with E-state index in [1.807, 2.05) is 12.1 Å². The summed E-state index contributed by atoms with van der Waals surface area (Å²) in [4.78, 5) is 11.1. The second-order valence-electron chi connectivity index (χ2n) is 7.56. The number of aryl methyl sites for hydroxylation is 1. The first-order valence-corrected chi connectivity index (χ1v) is 9.51. The lowest BCUT2D eigenvalue weighted by Gasteiger charge is -2.27. The van der Waals surface area contributed by atoms with Gasteiger partial charge < -0.3 is 20.0 Å². The summed E-state index contributed by atoms with van der Waals surface area (Å²) in [6, 6.07) is 8.62. The molecule has 156 valence electrons. The molecule has 0 radical (unpaired) electrons. The Morgan fingerprint density at radius 2 is 1.86 bits per heavy atom. The fourth-order valence-electron chi connectivity index (χ4n) is 2.85. The number of nitrogens with zero attached hydrogens (tertiary/aromatic N) is 3. The highest BCUT2D eigenvalue weighted by molar-refractivity contribution is 14.0. The third-order valence-corrected chi connectivity index (χ3v) is 4.49. The van der Waals surface area contributed by atoms with E-state index in [0.29, 0.717) is 24.4 Å². The van der Waals surface area contributed by atoms with E-state index in [0.717, 1.165) is 30.2 Å². The average Bonchev–Trinajstić information content (AvgIpc) is 3.10. The Hall–Kier alpha value is -1.61. The van der Waals surface area contributed by atoms with Crippen molar-refractivity contribution in [2.45, 2.75) is 39.8 Å². The van der Waals surface area contributed by atoms with Gasteiger partial charge in [0.05, 0.1) is 12.2 Å². The normalized spacial score (nSPS) is 12.8. The molecule has 1 atom stereocenters. The number of rotatable bonds is 8. The molecule has 0 amide bonds. The Balaban J connectivity index is 0.00000392. The molecule has 0 saturated heterocycles. The largest absolute Gasteiger partial charge is 0.444 e. The average molecular weight is 499 g/mol. The quantitative estimate of drug-likeness (QED) is 0.328. The predicted molar refractivity (Wildman–Crippen MR) is 127 cm³/mol. The second kappa shape index (κ2) is 12.1. The van der Waals surface area contributed by atoms with Crippen molar-refractivity contribution in [2.75, 3.05) is 27.7 Å². The van der Waals surface area contributed by atoms with Crippen LogP contribution in [-0.2, 0) is 6.54 Å². The summed E-state index contributed by atoms with van der Waals surface area (Å²) in [5.41, 5.74) is 3.05. The molecule has 2 N–H and O–H groups in total. The molecular weight excluding hydrogens is 465 g/mol. The molecule has 28 heavy (non-hydrogen) atoms. The van der Waals surface area contributed by atoms with Gasteiger partial charge >= 0.3 is 0 Å². The van der Waals surface area contributed by atoms with E-state index in [-0.39, 0.29) is 24.0 Å². The van der Waals surface area contributed by atoms with Gasteiger partial charge in [-0.05, 0) is 45.5 Å². The Kier molecular flexibility index (Phi) is 10.5. The lowest BCUT2D eigenvalue weighted by atomic mass is 10.0. The standard InChI is InChI=1S/C21H33N5O.HI/c1-15(2)11-19(26(5)6)13-24-21(22-4)23-12-18-14-27-20(25-18)17-9-7-16(3)8-10-17;/h7-10,14-15,19H,11-13H2,1-6H3,(H2,22,23,24);1H. The third kappa shape index (κ3) is 7.79. The van der Waals surface area contributed by atoms with Crippen LogP contribution < -0.4 is 10.6 Å². The summed E-state index contributed by atoms with van der Waals surface area (Å²) in [6.07, 6.45) is 2.83. The molecule has 0 aliphatic heterocycles. The number of benzene rings is 1. The number of likely N-dealkylation sites (N-methyl/N-ethyl adjacent to an activating group) is 1. The van der Waals surface area contributed by atoms with Gasteiger partial charge in [0, 0.05) is 25.2 Å². The minimum absolute atomic E-state index is 0. The van der Waals surface area contributed by atoms with Crippen LogP contribution in [0, 0.1) is 12.8 Å². The van der Waals surface area contributed by atoms with Crippen LogP contribution in [0.2, 0.25) is 0 Å². The van der Waals surface area contributed by atoms with Gasteiger partial charge in [-0.25, -0.2) is 4.98 Å². The molecule has 7 heteroatoms. The molecule has 1 aromatic carbocycles. The zero-order valence-corrected chi connectivity index (χ0v) is 20.2. The first kappa shape index (κ1) is 24.4. The van der Waals surface area contributed by atoms with Gasteiger partial charge in [-0.3, -0.25) is 4.99 Å². The van der Waals surface area contributed by atoms with Crippen LogP contribution in [0.5, 0.6) is 0 Å². The predicted octanol–water partition coefficient (Wildman–Crippen LogP) is 3.91. The molecule has 0 bridgehead atoms. The van der Waals surface area contributed by atoms with Crippen molar-refractivity contribution < 1.29 is 4.42 Å². The van der Waals surface area contributed by atoms with Gasteiger partial charge in [0.1, 0.15) is 6.26 Å². The molecule has 0 aliphatic carbocycles. The molecule has 2 rings (SSSR count). The number of hydrogen-bond acceptors (Lipinski definition) is 4. The summed E-state index contributed by atoms with van der Waals surface area (Å²) in [5, 5.41) is 6.72. The van der Waals surface area contributed by atoms with E-state index in [9.17, 15) is 0 Å². The SMILES string of the molecule is CN=C(NCc1coc(-c2ccc(C)cc2)n1)NCC(CC(C)C)N(C)C.I. The summed E-state index contributed by atoms with van der Waals surface area (Å²) >= 11 is 0. The highest BCUT2D eigenvalue weighted by Gasteiger charge is 2.14. The van der Waals surface area contributed by atoms with Crippen molar-refractivity contribution in [3.63, 3.8) is 0 Å². The van der Waals surface area contributed by atoms with Gasteiger partial charge in [0.25, 0.3) is 0 Å². The van der Waals surface area contributed by atoms with Crippen molar-refractivity contribution in [1.82, 2.24) is 20.5 Å². The van der Waals surface area contributed by atoms with E-state index in [2.05, 4.69) is 72.5 Å². The van der Waals surface area contributed by atoms with Gasteiger partial charge in [0.15, 0.2) is 5.96 Å². The van der Waals surface area contributed by atoms with Crippen LogP contribution in [0.15, 0.2) is 39.9 Å². The minimum Gasteiger partial charge on any atom is -0.444 e. The number of halogens is 1. The van der Waals surface area contributed by atoms with E-state index < -0.39 is 0 Å². The molecule has 1 unspecified atom stereocenters. The van der Waals surface area contributed by atoms with E-state index in [4.69, 9.17) is 4.42 Å². The van der Waals surface area contributed by atoms with Crippen LogP contribution in [0.25, 0.3) is 11.5 Å². The Bertz CT molecular complexity index is 725. The lowest BCUT2D eigenvalue weighted by Crippen LogP contribution is -2.45. The summed E-state index contributed by atoms with van der Waals surface area (Å²) in [7, 11) is 6.02. The van der Waals surface area contributed by atoms with Crippen LogP contribution in [-0.4, -0.2) is 49.6 Å². The number of hydrogen-bond donors (Lipinski definition) is 2. The van der Waals surface area contributed by atoms with E-state index in [1.54, 1.807) is 13.3 Å². The first-order valence-electron chi connectivity index (χ1n) is 9.51. The topological polar surface area (TPSA) is 65.7 Å². The number of oxazole rings is 1. The van der Waals surface area contributed by atoms with Crippen molar-refractivity contribution in [3.05, 3.63) is 41.8 Å². The third-order valence-electron chi connectivity index (χ3n) is 4.49. The molecule has 0 saturated carbocycles. The van der Waals surface area contributed by atoms with Crippen molar-refractivity contribution in [2.24, 2.45) is 10.9 Å². The van der Waals surface area contributed by atoms with E-state index >= 15 is 0 Å². The summed E-state index contributed by atoms with van der Waals surface area (Å²) in [5.74, 6) is 2.06. The Labute approximate surface area is 186 Å². The maximum Gasteiger partial charge on any atom is 0.226 e. The van der Waals surface area contributed by atoms with Crippen LogP contribution in [0.1, 0.15) is 31.5 Å². The van der Waals surface area contributed by atoms with Crippen LogP contribution in [0.4, 0.5) is 0 Å². The smallest absolute Gasteiger partial charge is 0.226 e. The summed E-state index contributed by atoms with van der Waals surface area (Å²) < 4.78 is 5.61. The molecule has 1 heterocycles. The van der Waals surface area contributed by atoms with Gasteiger partial charge in [-0.1, -0.05) is 31.5 Å². The number of aliphatic imine (C=N–C) groups is 1. The molecule has 2 aromatic rings. The molecule has 6 nitrogen and oxygen atoms in total. The molecular formula is C21H34IN5O. The minimum atomic E-state index is 0. The monoisotopic (exact) mass is 499 g/mol. The highest BCUT2D eigenvalue weighted by atomic mass is 127. The van der Waals surface area contributed by atoms with Gasteiger partial charge in [-0.15, -0.1) is 24.0 Å². The number of nitrogens with one attached hydrogen (secondary N) is 2. The number of guanidine groups is 1. The maximum absolute atomic E-state index is 5.61. The molecule has 0 spiro atoms. The zero-order valence-electron chi connectivity index (χ0n) is 17.8. The summed E-state index contributed by atoms with van der Waals surface area (Å²) in [6.45, 7) is 7.97. The zero-order chi connectivity index (χ0) is 19.8. The molecule has 0 aliphatic rings. The fraction of sp³-hybridized carbons (Fsp3) is 0.524. The fourth-order valence-corrected chi connectivity index (χ4v) is 2.85. The van der Waals surface area contributed by atoms with Gasteiger partial charge in [0.2, 0.25) is 5.89 Å². The second-order valence-corrected chi connectivity index (χ2v) is 7.56. The Morgan fingerprint density at radius 1 is 1.18 bits per heavy atom. The molecule has 1 aromatic heterocycles. The Morgan fingerprint density at radius 3 is 2.43 bits per heavy atom.